The number of benzene rings is 1. The molecule has 0 atom stereocenters. The van der Waals surface area contributed by atoms with Crippen LogP contribution < -0.4 is 4.74 Å². The number of phenols is 1. The Balaban J connectivity index is 3.38. The molecule has 0 unspecified atom stereocenters. The lowest BCUT2D eigenvalue weighted by Gasteiger charge is -2.08. The maximum atomic E-state index is 11.1. The molecule has 13 heavy (non-hydrogen) atoms. The topological polar surface area (TPSA) is 46.5 Å². The molecular formula is C9H9BrO3. The van der Waals surface area contributed by atoms with Crippen molar-refractivity contribution < 1.29 is 14.6 Å². The van der Waals surface area contributed by atoms with Gasteiger partial charge in [0, 0.05) is 0 Å². The van der Waals surface area contributed by atoms with Crippen LogP contribution in [0.15, 0.2) is 16.6 Å². The number of ketones is 1. The molecule has 1 N–H and O–H groups in total. The van der Waals surface area contributed by atoms with Gasteiger partial charge >= 0.3 is 0 Å². The van der Waals surface area contributed by atoms with Gasteiger partial charge in [-0.05, 0) is 35.0 Å². The molecule has 4 heteroatoms. The van der Waals surface area contributed by atoms with Crippen molar-refractivity contribution in [3.63, 3.8) is 0 Å². The summed E-state index contributed by atoms with van der Waals surface area (Å²) in [5.41, 5.74) is 0.378. The number of carbonyl (C=O) groups excluding carboxylic acids is 1. The highest BCUT2D eigenvalue weighted by molar-refractivity contribution is 9.10. The molecule has 0 bridgehead atoms. The molecule has 0 heterocycles. The third-order valence-electron chi connectivity index (χ3n) is 1.67. The standard InChI is InChI=1S/C9H9BrO3/c1-5(11)6-3-4-7(10)8(12)9(6)13-2/h3-4,12H,1-2H3. The fourth-order valence-corrected chi connectivity index (χ4v) is 1.34. The number of hydrogen-bond acceptors (Lipinski definition) is 3. The zero-order chi connectivity index (χ0) is 10.0. The highest BCUT2D eigenvalue weighted by Gasteiger charge is 2.14. The molecule has 0 aliphatic carbocycles. The number of ether oxygens (including phenoxy) is 1. The molecule has 1 rings (SSSR count). The number of methoxy groups -OCH3 is 1. The third kappa shape index (κ3) is 1.83. The summed E-state index contributed by atoms with van der Waals surface area (Å²) in [7, 11) is 1.41. The quantitative estimate of drug-likeness (QED) is 0.813. The van der Waals surface area contributed by atoms with Gasteiger partial charge in [-0.2, -0.15) is 0 Å². The smallest absolute Gasteiger partial charge is 0.172 e. The Bertz CT molecular complexity index is 347. The van der Waals surface area contributed by atoms with E-state index in [0.717, 1.165) is 0 Å². The Morgan fingerprint density at radius 1 is 1.54 bits per heavy atom. The second-order valence-electron chi connectivity index (χ2n) is 2.53. The van der Waals surface area contributed by atoms with Crippen molar-refractivity contribution in [2.24, 2.45) is 0 Å². The van der Waals surface area contributed by atoms with Gasteiger partial charge in [-0.15, -0.1) is 0 Å². The normalized spacial score (nSPS) is 9.77. The first-order valence-electron chi connectivity index (χ1n) is 3.64. The predicted molar refractivity (Wildman–Crippen MR) is 52.4 cm³/mol. The summed E-state index contributed by atoms with van der Waals surface area (Å²) in [5.74, 6) is 0.0247. The average molecular weight is 245 g/mol. The minimum atomic E-state index is -0.139. The molecule has 0 saturated carbocycles. The van der Waals surface area contributed by atoms with Gasteiger partial charge in [0.1, 0.15) is 0 Å². The van der Waals surface area contributed by atoms with Crippen LogP contribution in [0.4, 0.5) is 0 Å². The number of rotatable bonds is 2. The molecule has 0 aromatic heterocycles. The molecule has 0 radical (unpaired) electrons. The lowest BCUT2D eigenvalue weighted by molar-refractivity contribution is 0.101. The highest BCUT2D eigenvalue weighted by atomic mass is 79.9. The minimum absolute atomic E-state index is 0.0461. The molecule has 0 aliphatic heterocycles. The van der Waals surface area contributed by atoms with Crippen molar-refractivity contribution in [1.29, 1.82) is 0 Å². The van der Waals surface area contributed by atoms with Crippen molar-refractivity contribution >= 4 is 21.7 Å². The summed E-state index contributed by atoms with van der Waals surface area (Å²) in [5, 5.41) is 9.50. The molecule has 0 saturated heterocycles. The summed E-state index contributed by atoms with van der Waals surface area (Å²) in [6.07, 6.45) is 0. The fourth-order valence-electron chi connectivity index (χ4n) is 1.03. The zero-order valence-corrected chi connectivity index (χ0v) is 8.88. The van der Waals surface area contributed by atoms with Crippen LogP contribution in [-0.2, 0) is 0 Å². The number of Topliss-reactive ketones (excluding diaryl/α,β-unsaturated/α-hetero) is 1. The maximum absolute atomic E-state index is 11.1. The zero-order valence-electron chi connectivity index (χ0n) is 7.30. The minimum Gasteiger partial charge on any atom is -0.503 e. The van der Waals surface area contributed by atoms with Crippen molar-refractivity contribution in [3.05, 3.63) is 22.2 Å². The fraction of sp³-hybridized carbons (Fsp3) is 0.222. The van der Waals surface area contributed by atoms with Crippen LogP contribution in [-0.4, -0.2) is 18.0 Å². The summed E-state index contributed by atoms with van der Waals surface area (Å²) in [6, 6.07) is 3.21. The van der Waals surface area contributed by atoms with E-state index in [1.807, 2.05) is 0 Å². The molecule has 0 fully saturated rings. The molecule has 0 spiro atoms. The molecule has 1 aromatic carbocycles. The molecule has 0 aliphatic rings. The summed E-state index contributed by atoms with van der Waals surface area (Å²) in [6.45, 7) is 1.42. The number of phenolic OH excluding ortho intramolecular Hbond substituents is 1. The highest BCUT2D eigenvalue weighted by Crippen LogP contribution is 2.36. The molecular weight excluding hydrogens is 236 g/mol. The van der Waals surface area contributed by atoms with E-state index in [1.165, 1.54) is 14.0 Å². The van der Waals surface area contributed by atoms with E-state index in [-0.39, 0.29) is 17.3 Å². The molecule has 70 valence electrons. The van der Waals surface area contributed by atoms with Gasteiger partial charge in [0.2, 0.25) is 0 Å². The SMILES string of the molecule is COc1c(C(C)=O)ccc(Br)c1O. The van der Waals surface area contributed by atoms with Crippen molar-refractivity contribution in [2.45, 2.75) is 6.92 Å². The van der Waals surface area contributed by atoms with Gasteiger partial charge in [-0.25, -0.2) is 0 Å². The number of halogens is 1. The third-order valence-corrected chi connectivity index (χ3v) is 2.31. The van der Waals surface area contributed by atoms with Gasteiger partial charge in [-0.3, -0.25) is 4.79 Å². The first kappa shape index (κ1) is 10.1. The molecule has 0 amide bonds. The van der Waals surface area contributed by atoms with Crippen LogP contribution in [0.1, 0.15) is 17.3 Å². The van der Waals surface area contributed by atoms with E-state index in [9.17, 15) is 9.90 Å². The summed E-state index contributed by atoms with van der Waals surface area (Å²) >= 11 is 3.13. The van der Waals surface area contributed by atoms with Gasteiger partial charge in [0.15, 0.2) is 17.3 Å². The number of hydrogen-bond donors (Lipinski definition) is 1. The second-order valence-corrected chi connectivity index (χ2v) is 3.39. The largest absolute Gasteiger partial charge is 0.503 e. The Labute approximate surface area is 84.5 Å². The van der Waals surface area contributed by atoms with Gasteiger partial charge in [-0.1, -0.05) is 0 Å². The van der Waals surface area contributed by atoms with Crippen molar-refractivity contribution in [1.82, 2.24) is 0 Å². The van der Waals surface area contributed by atoms with Crippen LogP contribution in [0.3, 0.4) is 0 Å². The maximum Gasteiger partial charge on any atom is 0.172 e. The van der Waals surface area contributed by atoms with Crippen LogP contribution in [0, 0.1) is 0 Å². The Morgan fingerprint density at radius 3 is 2.62 bits per heavy atom. The number of carbonyl (C=O) groups is 1. The molecule has 3 nitrogen and oxygen atoms in total. The first-order chi connectivity index (χ1) is 6.07. The van der Waals surface area contributed by atoms with Crippen LogP contribution in [0.5, 0.6) is 11.5 Å². The van der Waals surface area contributed by atoms with Gasteiger partial charge < -0.3 is 9.84 Å². The van der Waals surface area contributed by atoms with E-state index in [0.29, 0.717) is 10.0 Å². The Kier molecular flexibility index (Phi) is 2.93. The Hall–Kier alpha value is -1.03. The number of aromatic hydroxyl groups is 1. The summed E-state index contributed by atoms with van der Waals surface area (Å²) < 4.78 is 5.43. The van der Waals surface area contributed by atoms with E-state index in [4.69, 9.17) is 4.74 Å². The van der Waals surface area contributed by atoms with Crippen molar-refractivity contribution in [3.8, 4) is 11.5 Å². The first-order valence-corrected chi connectivity index (χ1v) is 4.43. The van der Waals surface area contributed by atoms with Crippen molar-refractivity contribution in [2.75, 3.05) is 7.11 Å². The van der Waals surface area contributed by atoms with E-state index >= 15 is 0 Å². The van der Waals surface area contributed by atoms with Crippen LogP contribution >= 0.6 is 15.9 Å². The van der Waals surface area contributed by atoms with Gasteiger partial charge in [0.05, 0.1) is 17.1 Å². The average Bonchev–Trinajstić information content (AvgIpc) is 2.09. The molecule has 1 aromatic rings. The van der Waals surface area contributed by atoms with Gasteiger partial charge in [0.25, 0.3) is 0 Å². The van der Waals surface area contributed by atoms with Crippen LogP contribution in [0.2, 0.25) is 0 Å². The summed E-state index contributed by atoms with van der Waals surface area (Å²) in [4.78, 5) is 11.1. The lowest BCUT2D eigenvalue weighted by atomic mass is 10.1. The second kappa shape index (κ2) is 3.79. The van der Waals surface area contributed by atoms with E-state index in [2.05, 4.69) is 15.9 Å². The monoisotopic (exact) mass is 244 g/mol. The van der Waals surface area contributed by atoms with E-state index < -0.39 is 0 Å². The Morgan fingerprint density at radius 2 is 2.15 bits per heavy atom. The van der Waals surface area contributed by atoms with Crippen LogP contribution in [0.25, 0.3) is 0 Å². The van der Waals surface area contributed by atoms with E-state index in [1.54, 1.807) is 12.1 Å². The predicted octanol–water partition coefficient (Wildman–Crippen LogP) is 2.37. The lowest BCUT2D eigenvalue weighted by Crippen LogP contribution is -1.97.